The van der Waals surface area contributed by atoms with E-state index >= 15 is 0 Å². The maximum atomic E-state index is 6.23. The molecule has 0 unspecified atom stereocenters. The number of halogens is 2. The summed E-state index contributed by atoms with van der Waals surface area (Å²) in [4.78, 5) is 4.62. The minimum atomic E-state index is 0.143. The lowest BCUT2D eigenvalue weighted by molar-refractivity contribution is 0.331. The molecule has 1 fully saturated rings. The van der Waals surface area contributed by atoms with Gasteiger partial charge in [-0.2, -0.15) is 0 Å². The summed E-state index contributed by atoms with van der Waals surface area (Å²) in [6.07, 6.45) is 4.93. The van der Waals surface area contributed by atoms with Crippen molar-refractivity contribution in [2.45, 2.75) is 44.0 Å². The number of alkyl halides is 1. The fraction of sp³-hybridized carbons (Fsp3) is 0.500. The normalized spacial score (nSPS) is 18.6. The van der Waals surface area contributed by atoms with Gasteiger partial charge in [-0.05, 0) is 31.9 Å². The maximum Gasteiger partial charge on any atom is 0.125 e. The summed E-state index contributed by atoms with van der Waals surface area (Å²) in [6.45, 7) is 2.30. The smallest absolute Gasteiger partial charge is 0.125 e. The molecule has 0 radical (unpaired) electrons. The lowest BCUT2D eigenvalue weighted by Crippen LogP contribution is -2.27. The van der Waals surface area contributed by atoms with Gasteiger partial charge in [0.25, 0.3) is 0 Å². The first-order chi connectivity index (χ1) is 8.65. The van der Waals surface area contributed by atoms with E-state index in [9.17, 15) is 0 Å². The van der Waals surface area contributed by atoms with Gasteiger partial charge in [0, 0.05) is 5.54 Å². The number of hydrogen-bond donors (Lipinski definition) is 0. The Labute approximate surface area is 117 Å². The largest absolute Gasteiger partial charge is 0.321 e. The molecule has 0 N–H and O–H groups in total. The zero-order chi connectivity index (χ0) is 12.8. The summed E-state index contributed by atoms with van der Waals surface area (Å²) in [5.74, 6) is 1.37. The highest BCUT2D eigenvalue weighted by Gasteiger charge is 2.33. The lowest BCUT2D eigenvalue weighted by atomic mass is 9.99. The van der Waals surface area contributed by atoms with Crippen molar-refractivity contribution in [1.82, 2.24) is 9.55 Å². The number of hydrogen-bond acceptors (Lipinski definition) is 1. The van der Waals surface area contributed by atoms with Gasteiger partial charge in [0.1, 0.15) is 11.3 Å². The molecular weight excluding hydrogens is 267 g/mol. The number of rotatable bonds is 2. The topological polar surface area (TPSA) is 17.8 Å². The van der Waals surface area contributed by atoms with Gasteiger partial charge < -0.3 is 4.57 Å². The van der Waals surface area contributed by atoms with Gasteiger partial charge >= 0.3 is 0 Å². The minimum Gasteiger partial charge on any atom is -0.321 e. The van der Waals surface area contributed by atoms with Gasteiger partial charge in [-0.1, -0.05) is 30.5 Å². The van der Waals surface area contributed by atoms with Crippen LogP contribution in [0.3, 0.4) is 0 Å². The second-order valence-corrected chi connectivity index (χ2v) is 5.98. The quantitative estimate of drug-likeness (QED) is 0.729. The molecule has 18 heavy (non-hydrogen) atoms. The third kappa shape index (κ3) is 1.74. The summed E-state index contributed by atoms with van der Waals surface area (Å²) in [6, 6.07) is 5.96. The molecule has 1 aromatic carbocycles. The number of nitrogens with zero attached hydrogens (tertiary/aromatic N) is 2. The van der Waals surface area contributed by atoms with Crippen molar-refractivity contribution >= 4 is 34.2 Å². The Morgan fingerprint density at radius 2 is 2.06 bits per heavy atom. The highest BCUT2D eigenvalue weighted by molar-refractivity contribution is 6.35. The van der Waals surface area contributed by atoms with Crippen molar-refractivity contribution in [3.8, 4) is 0 Å². The van der Waals surface area contributed by atoms with E-state index < -0.39 is 0 Å². The van der Waals surface area contributed by atoms with E-state index in [0.717, 1.165) is 16.9 Å². The average Bonchev–Trinajstić information content (AvgIpc) is 2.94. The third-order valence-corrected chi connectivity index (χ3v) is 4.59. The molecule has 96 valence electrons. The molecule has 0 bridgehead atoms. The van der Waals surface area contributed by atoms with Crippen LogP contribution >= 0.6 is 23.2 Å². The SMILES string of the molecule is CC1(n2c(CCl)nc3c(Cl)cccc32)CCCC1. The first kappa shape index (κ1) is 12.3. The van der Waals surface area contributed by atoms with Gasteiger partial charge in [-0.25, -0.2) is 4.98 Å². The van der Waals surface area contributed by atoms with Crippen molar-refractivity contribution in [2.75, 3.05) is 0 Å². The molecule has 0 amide bonds. The van der Waals surface area contributed by atoms with Crippen molar-refractivity contribution in [1.29, 1.82) is 0 Å². The van der Waals surface area contributed by atoms with Gasteiger partial charge in [-0.3, -0.25) is 0 Å². The Kier molecular flexibility index (Phi) is 3.03. The molecule has 1 aromatic heterocycles. The van der Waals surface area contributed by atoms with E-state index in [1.165, 1.54) is 25.7 Å². The van der Waals surface area contributed by atoms with Crippen LogP contribution in [0.15, 0.2) is 18.2 Å². The summed E-state index contributed by atoms with van der Waals surface area (Å²) >= 11 is 12.3. The minimum absolute atomic E-state index is 0.143. The van der Waals surface area contributed by atoms with E-state index in [2.05, 4.69) is 22.5 Å². The fourth-order valence-electron chi connectivity index (χ4n) is 3.17. The molecule has 1 aliphatic carbocycles. The molecule has 0 atom stereocenters. The van der Waals surface area contributed by atoms with Crippen molar-refractivity contribution in [3.63, 3.8) is 0 Å². The molecule has 0 saturated heterocycles. The van der Waals surface area contributed by atoms with Crippen molar-refractivity contribution < 1.29 is 0 Å². The second-order valence-electron chi connectivity index (χ2n) is 5.31. The van der Waals surface area contributed by atoms with Gasteiger partial charge in [0.2, 0.25) is 0 Å². The molecule has 4 heteroatoms. The van der Waals surface area contributed by atoms with E-state index in [0.29, 0.717) is 10.9 Å². The number of benzene rings is 1. The van der Waals surface area contributed by atoms with Crippen LogP contribution in [0.4, 0.5) is 0 Å². The molecule has 0 spiro atoms. The molecular formula is C14H16Cl2N2. The third-order valence-electron chi connectivity index (χ3n) is 4.05. The number of imidazole rings is 1. The predicted molar refractivity (Wildman–Crippen MR) is 76.4 cm³/mol. The molecule has 2 nitrogen and oxygen atoms in total. The Hall–Kier alpha value is -0.730. The van der Waals surface area contributed by atoms with Crippen molar-refractivity contribution in [2.24, 2.45) is 0 Å². The van der Waals surface area contributed by atoms with E-state index in [1.54, 1.807) is 0 Å². The maximum absolute atomic E-state index is 6.23. The Bertz CT molecular complexity index is 583. The monoisotopic (exact) mass is 282 g/mol. The van der Waals surface area contributed by atoms with Gasteiger partial charge in [-0.15, -0.1) is 11.6 Å². The van der Waals surface area contributed by atoms with Crippen LogP contribution in [-0.4, -0.2) is 9.55 Å². The highest BCUT2D eigenvalue weighted by atomic mass is 35.5. The Balaban J connectivity index is 2.29. The van der Waals surface area contributed by atoms with Crippen LogP contribution in [-0.2, 0) is 11.4 Å². The first-order valence-corrected chi connectivity index (χ1v) is 7.29. The average molecular weight is 283 g/mol. The van der Waals surface area contributed by atoms with E-state index in [4.69, 9.17) is 23.2 Å². The van der Waals surface area contributed by atoms with Crippen LogP contribution in [0.1, 0.15) is 38.4 Å². The molecule has 1 heterocycles. The first-order valence-electron chi connectivity index (χ1n) is 6.38. The van der Waals surface area contributed by atoms with Crippen LogP contribution in [0.2, 0.25) is 5.02 Å². The number of aromatic nitrogens is 2. The molecule has 0 aliphatic heterocycles. The Morgan fingerprint density at radius 3 is 2.72 bits per heavy atom. The van der Waals surface area contributed by atoms with Crippen LogP contribution in [0, 0.1) is 0 Å². The lowest BCUT2D eigenvalue weighted by Gasteiger charge is -2.28. The highest BCUT2D eigenvalue weighted by Crippen LogP contribution is 2.40. The Morgan fingerprint density at radius 1 is 1.33 bits per heavy atom. The van der Waals surface area contributed by atoms with Crippen LogP contribution in [0.25, 0.3) is 11.0 Å². The van der Waals surface area contributed by atoms with Crippen LogP contribution in [0.5, 0.6) is 0 Å². The summed E-state index contributed by atoms with van der Waals surface area (Å²) in [5.41, 5.74) is 2.13. The van der Waals surface area contributed by atoms with E-state index in [-0.39, 0.29) is 5.54 Å². The summed E-state index contributed by atoms with van der Waals surface area (Å²) in [5, 5.41) is 0.708. The van der Waals surface area contributed by atoms with Gasteiger partial charge in [0.15, 0.2) is 0 Å². The second kappa shape index (κ2) is 4.43. The number of para-hydroxylation sites is 1. The van der Waals surface area contributed by atoms with Crippen molar-refractivity contribution in [3.05, 3.63) is 29.0 Å². The predicted octanol–water partition coefficient (Wildman–Crippen LogP) is 4.72. The van der Waals surface area contributed by atoms with E-state index in [1.807, 2.05) is 12.1 Å². The molecule has 1 aliphatic rings. The van der Waals surface area contributed by atoms with Gasteiger partial charge in [0.05, 0.1) is 16.4 Å². The number of fused-ring (bicyclic) bond motifs is 1. The summed E-state index contributed by atoms with van der Waals surface area (Å²) in [7, 11) is 0. The fourth-order valence-corrected chi connectivity index (χ4v) is 3.56. The summed E-state index contributed by atoms with van der Waals surface area (Å²) < 4.78 is 2.31. The molecule has 3 rings (SSSR count). The molecule has 2 aromatic rings. The standard InChI is InChI=1S/C14H16Cl2N2/c1-14(7-2-3-8-14)18-11-6-4-5-10(16)13(11)17-12(18)9-15/h4-6H,2-3,7-9H2,1H3. The van der Waals surface area contributed by atoms with Crippen LogP contribution < -0.4 is 0 Å². The zero-order valence-corrected chi connectivity index (χ0v) is 11.9. The molecule has 1 saturated carbocycles. The zero-order valence-electron chi connectivity index (χ0n) is 10.4.